The summed E-state index contributed by atoms with van der Waals surface area (Å²) in [6.45, 7) is 2.07. The molecule has 102 valence electrons. The van der Waals surface area contributed by atoms with Crippen molar-refractivity contribution in [2.45, 2.75) is 13.5 Å². The van der Waals surface area contributed by atoms with E-state index in [1.165, 1.54) is 0 Å². The van der Waals surface area contributed by atoms with Crippen LogP contribution in [-0.2, 0) is 11.3 Å². The van der Waals surface area contributed by atoms with Gasteiger partial charge < -0.3 is 4.74 Å². The van der Waals surface area contributed by atoms with Crippen LogP contribution in [0.15, 0.2) is 48.5 Å². The molecule has 0 saturated carbocycles. The third-order valence-electron chi connectivity index (χ3n) is 2.79. The zero-order chi connectivity index (χ0) is 14.4. The van der Waals surface area contributed by atoms with Gasteiger partial charge in [0.1, 0.15) is 6.61 Å². The van der Waals surface area contributed by atoms with Crippen molar-refractivity contribution in [1.82, 2.24) is 0 Å². The zero-order valence-electron chi connectivity index (χ0n) is 11.1. The standard InChI is InChI=1S/C16H15NO3/c1-12-7-8-14(10-18)15(9-12)17-16(19)20-11-13-5-3-2-4-6-13/h2-10H,11H2,1H3,(H,17,19). The van der Waals surface area contributed by atoms with E-state index in [-0.39, 0.29) is 6.61 Å². The van der Waals surface area contributed by atoms with Crippen LogP contribution in [0.5, 0.6) is 0 Å². The molecule has 2 aromatic rings. The molecule has 0 aliphatic carbocycles. The van der Waals surface area contributed by atoms with Crippen LogP contribution < -0.4 is 5.32 Å². The molecule has 0 aliphatic heterocycles. The van der Waals surface area contributed by atoms with E-state index in [0.717, 1.165) is 11.1 Å². The van der Waals surface area contributed by atoms with E-state index in [4.69, 9.17) is 4.74 Å². The van der Waals surface area contributed by atoms with Crippen molar-refractivity contribution in [3.63, 3.8) is 0 Å². The van der Waals surface area contributed by atoms with Crippen LogP contribution in [0, 0.1) is 6.92 Å². The molecule has 0 radical (unpaired) electrons. The third-order valence-corrected chi connectivity index (χ3v) is 2.79. The number of amides is 1. The highest BCUT2D eigenvalue weighted by molar-refractivity contribution is 5.93. The molecule has 0 spiro atoms. The lowest BCUT2D eigenvalue weighted by Crippen LogP contribution is -2.14. The molecule has 4 nitrogen and oxygen atoms in total. The monoisotopic (exact) mass is 269 g/mol. The number of carbonyl (C=O) groups excluding carboxylic acids is 2. The molecule has 2 aromatic carbocycles. The molecule has 0 unspecified atom stereocenters. The highest BCUT2D eigenvalue weighted by Gasteiger charge is 2.08. The van der Waals surface area contributed by atoms with Crippen LogP contribution in [0.1, 0.15) is 21.5 Å². The number of hydrogen-bond acceptors (Lipinski definition) is 3. The summed E-state index contributed by atoms with van der Waals surface area (Å²) >= 11 is 0. The van der Waals surface area contributed by atoms with Gasteiger partial charge >= 0.3 is 6.09 Å². The van der Waals surface area contributed by atoms with Gasteiger partial charge in [0, 0.05) is 5.56 Å². The predicted molar refractivity (Wildman–Crippen MR) is 76.8 cm³/mol. The number of carbonyl (C=O) groups is 2. The Labute approximate surface area is 117 Å². The van der Waals surface area contributed by atoms with Gasteiger partial charge in [-0.2, -0.15) is 0 Å². The van der Waals surface area contributed by atoms with Gasteiger partial charge in [0.25, 0.3) is 0 Å². The van der Waals surface area contributed by atoms with E-state index in [1.54, 1.807) is 12.1 Å². The second-order valence-corrected chi connectivity index (χ2v) is 4.40. The Hall–Kier alpha value is -2.62. The van der Waals surface area contributed by atoms with Crippen molar-refractivity contribution in [2.24, 2.45) is 0 Å². The molecule has 2 rings (SSSR count). The Morgan fingerprint density at radius 3 is 2.65 bits per heavy atom. The van der Waals surface area contributed by atoms with Crippen LogP contribution in [-0.4, -0.2) is 12.4 Å². The molecule has 0 aliphatic rings. The molecule has 1 amide bonds. The molecular weight excluding hydrogens is 254 g/mol. The summed E-state index contributed by atoms with van der Waals surface area (Å²) in [5.41, 5.74) is 2.74. The number of benzene rings is 2. The molecule has 0 fully saturated rings. The third kappa shape index (κ3) is 3.68. The SMILES string of the molecule is Cc1ccc(C=O)c(NC(=O)OCc2ccccc2)c1. The maximum atomic E-state index is 11.7. The van der Waals surface area contributed by atoms with E-state index in [9.17, 15) is 9.59 Å². The van der Waals surface area contributed by atoms with E-state index in [1.807, 2.05) is 43.3 Å². The first kappa shape index (κ1) is 13.8. The smallest absolute Gasteiger partial charge is 0.411 e. The van der Waals surface area contributed by atoms with E-state index < -0.39 is 6.09 Å². The Kier molecular flexibility index (Phi) is 4.50. The first-order valence-corrected chi connectivity index (χ1v) is 6.22. The summed E-state index contributed by atoms with van der Waals surface area (Å²) < 4.78 is 5.11. The maximum Gasteiger partial charge on any atom is 0.411 e. The summed E-state index contributed by atoms with van der Waals surface area (Å²) in [5, 5.41) is 2.58. The quantitative estimate of drug-likeness (QED) is 0.863. The first-order valence-electron chi connectivity index (χ1n) is 6.22. The van der Waals surface area contributed by atoms with Gasteiger partial charge in [0.2, 0.25) is 0 Å². The lowest BCUT2D eigenvalue weighted by molar-refractivity contribution is 0.112. The van der Waals surface area contributed by atoms with Gasteiger partial charge in [-0.25, -0.2) is 4.79 Å². The number of rotatable bonds is 4. The molecule has 0 saturated heterocycles. The van der Waals surface area contributed by atoms with Crippen molar-refractivity contribution in [1.29, 1.82) is 0 Å². The molecular formula is C16H15NO3. The highest BCUT2D eigenvalue weighted by atomic mass is 16.5. The van der Waals surface area contributed by atoms with Gasteiger partial charge in [-0.15, -0.1) is 0 Å². The fourth-order valence-electron chi connectivity index (χ4n) is 1.75. The lowest BCUT2D eigenvalue weighted by Gasteiger charge is -2.09. The number of nitrogens with one attached hydrogen (secondary N) is 1. The second kappa shape index (κ2) is 6.52. The van der Waals surface area contributed by atoms with Crippen molar-refractivity contribution in [2.75, 3.05) is 5.32 Å². The van der Waals surface area contributed by atoms with E-state index in [2.05, 4.69) is 5.32 Å². The molecule has 0 atom stereocenters. The summed E-state index contributed by atoms with van der Waals surface area (Å²) in [7, 11) is 0. The largest absolute Gasteiger partial charge is 0.444 e. The van der Waals surface area contributed by atoms with Crippen LogP contribution in [0.25, 0.3) is 0 Å². The van der Waals surface area contributed by atoms with E-state index >= 15 is 0 Å². The number of aldehydes is 1. The van der Waals surface area contributed by atoms with Crippen LogP contribution in [0.3, 0.4) is 0 Å². The molecule has 0 aromatic heterocycles. The molecule has 20 heavy (non-hydrogen) atoms. The van der Waals surface area contributed by atoms with Crippen molar-refractivity contribution in [3.8, 4) is 0 Å². The summed E-state index contributed by atoms with van der Waals surface area (Å²) in [4.78, 5) is 22.6. The molecule has 1 N–H and O–H groups in total. The summed E-state index contributed by atoms with van der Waals surface area (Å²) in [5.74, 6) is 0. The van der Waals surface area contributed by atoms with Gasteiger partial charge in [0.15, 0.2) is 6.29 Å². The average molecular weight is 269 g/mol. The van der Waals surface area contributed by atoms with Crippen LogP contribution in [0.2, 0.25) is 0 Å². The van der Waals surface area contributed by atoms with Gasteiger partial charge in [-0.3, -0.25) is 10.1 Å². The summed E-state index contributed by atoms with van der Waals surface area (Å²) in [6.07, 6.45) is 0.120. The minimum absolute atomic E-state index is 0.189. The molecule has 0 heterocycles. The Morgan fingerprint density at radius 1 is 1.20 bits per heavy atom. The zero-order valence-corrected chi connectivity index (χ0v) is 11.1. The fraction of sp³-hybridized carbons (Fsp3) is 0.125. The van der Waals surface area contributed by atoms with E-state index in [0.29, 0.717) is 17.5 Å². The van der Waals surface area contributed by atoms with Crippen LogP contribution in [0.4, 0.5) is 10.5 Å². The maximum absolute atomic E-state index is 11.7. The summed E-state index contributed by atoms with van der Waals surface area (Å²) in [6, 6.07) is 14.6. The topological polar surface area (TPSA) is 55.4 Å². The number of hydrogen-bond donors (Lipinski definition) is 1. The Bertz CT molecular complexity index is 608. The van der Waals surface area contributed by atoms with Crippen molar-refractivity contribution < 1.29 is 14.3 Å². The molecule has 0 bridgehead atoms. The normalized spacial score (nSPS) is 9.85. The Morgan fingerprint density at radius 2 is 1.95 bits per heavy atom. The first-order chi connectivity index (χ1) is 9.69. The lowest BCUT2D eigenvalue weighted by atomic mass is 10.1. The highest BCUT2D eigenvalue weighted by Crippen LogP contribution is 2.16. The number of ether oxygens (including phenoxy) is 1. The van der Waals surface area contributed by atoms with Gasteiger partial charge in [-0.1, -0.05) is 36.4 Å². The average Bonchev–Trinajstić information content (AvgIpc) is 2.46. The van der Waals surface area contributed by atoms with Gasteiger partial charge in [-0.05, 0) is 30.2 Å². The van der Waals surface area contributed by atoms with Crippen molar-refractivity contribution >= 4 is 18.1 Å². The second-order valence-electron chi connectivity index (χ2n) is 4.40. The predicted octanol–water partition coefficient (Wildman–Crippen LogP) is 3.56. The van der Waals surface area contributed by atoms with Crippen LogP contribution >= 0.6 is 0 Å². The Balaban J connectivity index is 1.98. The number of aryl methyl sites for hydroxylation is 1. The fourth-order valence-corrected chi connectivity index (χ4v) is 1.75. The minimum atomic E-state index is -0.581. The number of anilines is 1. The molecule has 4 heteroatoms. The van der Waals surface area contributed by atoms with Gasteiger partial charge in [0.05, 0.1) is 5.69 Å². The minimum Gasteiger partial charge on any atom is -0.444 e. The van der Waals surface area contributed by atoms with Crippen molar-refractivity contribution in [3.05, 3.63) is 65.2 Å².